The molecule has 4 aromatic rings. The fraction of sp³-hybridized carbons (Fsp3) is 0. The summed E-state index contributed by atoms with van der Waals surface area (Å²) in [5, 5.41) is 33.9. The maximum Gasteiger partial charge on any atom is 0.144 e. The van der Waals surface area contributed by atoms with Gasteiger partial charge in [-0.3, -0.25) is 0 Å². The second kappa shape index (κ2) is 7.38. The average Bonchev–Trinajstić information content (AvgIpc) is 2.73. The highest BCUT2D eigenvalue weighted by Crippen LogP contribution is 2.54. The van der Waals surface area contributed by atoms with Crippen molar-refractivity contribution < 1.29 is 15.3 Å². The Morgan fingerprint density at radius 2 is 0.643 bits per heavy atom. The van der Waals surface area contributed by atoms with Crippen LogP contribution in [0.5, 0.6) is 17.2 Å². The number of phenols is 3. The van der Waals surface area contributed by atoms with E-state index < -0.39 is 7.26 Å². The van der Waals surface area contributed by atoms with Gasteiger partial charge in [-0.05, 0) is 84.9 Å². The summed E-state index contributed by atoms with van der Waals surface area (Å²) >= 11 is 0. The van der Waals surface area contributed by atoms with Gasteiger partial charge in [-0.15, -0.1) is 0 Å². The highest BCUT2D eigenvalue weighted by molar-refractivity contribution is 8.01. The molecule has 4 heteroatoms. The lowest BCUT2D eigenvalue weighted by Crippen LogP contribution is -2.38. The van der Waals surface area contributed by atoms with Crippen LogP contribution in [0, 0.1) is 0 Å². The first-order valence-corrected chi connectivity index (χ1v) is 10.7. The third kappa shape index (κ3) is 3.11. The summed E-state index contributed by atoms with van der Waals surface area (Å²) < 4.78 is 0. The number of hydrogen-bond acceptors (Lipinski definition) is 3. The van der Waals surface area contributed by atoms with Gasteiger partial charge in [0, 0.05) is 0 Å². The maximum atomic E-state index is 9.85. The molecule has 3 N–H and O–H groups in total. The first-order chi connectivity index (χ1) is 13.6. The summed E-state index contributed by atoms with van der Waals surface area (Å²) in [7, 11) is -2.30. The minimum absolute atomic E-state index is 0.214. The Bertz CT molecular complexity index is 947. The molecule has 0 fully saturated rings. The summed E-state index contributed by atoms with van der Waals surface area (Å²) in [5.74, 6) is 0.643. The minimum Gasteiger partial charge on any atom is -0.508 e. The van der Waals surface area contributed by atoms with Crippen LogP contribution in [0.2, 0.25) is 0 Å². The molecule has 0 aliphatic heterocycles. The lowest BCUT2D eigenvalue weighted by atomic mass is 10.3. The molecule has 138 valence electrons. The summed E-state index contributed by atoms with van der Waals surface area (Å²) in [6.45, 7) is 0. The number of hydrogen-bond donors (Lipinski definition) is 3. The Labute approximate surface area is 164 Å². The van der Waals surface area contributed by atoms with Gasteiger partial charge in [-0.1, -0.05) is 18.2 Å². The lowest BCUT2D eigenvalue weighted by Gasteiger charge is -2.27. The monoisotopic (exact) mass is 387 g/mol. The smallest absolute Gasteiger partial charge is 0.144 e. The highest BCUT2D eigenvalue weighted by atomic mass is 31.2. The van der Waals surface area contributed by atoms with E-state index in [9.17, 15) is 15.3 Å². The van der Waals surface area contributed by atoms with Gasteiger partial charge in [-0.2, -0.15) is 0 Å². The van der Waals surface area contributed by atoms with Crippen LogP contribution in [0.25, 0.3) is 0 Å². The van der Waals surface area contributed by atoms with Crippen LogP contribution >= 0.6 is 7.26 Å². The molecule has 0 saturated heterocycles. The van der Waals surface area contributed by atoms with Gasteiger partial charge in [0.15, 0.2) is 0 Å². The van der Waals surface area contributed by atoms with E-state index >= 15 is 0 Å². The number of benzene rings is 4. The number of aromatic hydroxyl groups is 3. The summed E-state index contributed by atoms with van der Waals surface area (Å²) in [5.41, 5.74) is 0. The standard InChI is InChI=1S/C24H19O3P/c25-18-6-12-22(13-7-18)28(21-4-2-1-3-5-21,23-14-8-19(26)9-15-23)24-16-10-20(27)11-17-24/h1-17H,(H2-,25,26,27)/p+1. The lowest BCUT2D eigenvalue weighted by molar-refractivity contribution is 0.475. The van der Waals surface area contributed by atoms with Crippen LogP contribution < -0.4 is 21.2 Å². The van der Waals surface area contributed by atoms with Crippen molar-refractivity contribution in [1.29, 1.82) is 0 Å². The normalized spacial score (nSPS) is 11.3. The van der Waals surface area contributed by atoms with Crippen molar-refractivity contribution in [3.8, 4) is 17.2 Å². The third-order valence-electron chi connectivity index (χ3n) is 4.85. The molecule has 0 aliphatic carbocycles. The van der Waals surface area contributed by atoms with E-state index in [0.29, 0.717) is 0 Å². The van der Waals surface area contributed by atoms with Gasteiger partial charge in [0.25, 0.3) is 0 Å². The minimum atomic E-state index is -2.30. The SMILES string of the molecule is Oc1ccc([P+](c2ccccc2)(c2ccc(O)cc2)c2ccc(O)cc2)cc1. The van der Waals surface area contributed by atoms with Crippen molar-refractivity contribution in [3.05, 3.63) is 103 Å². The molecule has 0 bridgehead atoms. The van der Waals surface area contributed by atoms with E-state index in [1.165, 1.54) is 0 Å². The van der Waals surface area contributed by atoms with Gasteiger partial charge >= 0.3 is 0 Å². The molecular formula is C24H20O3P+. The van der Waals surface area contributed by atoms with Crippen LogP contribution in [0.3, 0.4) is 0 Å². The van der Waals surface area contributed by atoms with E-state index in [2.05, 4.69) is 12.1 Å². The van der Waals surface area contributed by atoms with Crippen molar-refractivity contribution in [3.63, 3.8) is 0 Å². The largest absolute Gasteiger partial charge is 0.508 e. The molecular weight excluding hydrogens is 367 g/mol. The van der Waals surface area contributed by atoms with Crippen LogP contribution in [0.4, 0.5) is 0 Å². The van der Waals surface area contributed by atoms with Crippen molar-refractivity contribution in [2.24, 2.45) is 0 Å². The molecule has 0 heterocycles. The van der Waals surface area contributed by atoms with Crippen molar-refractivity contribution in [2.75, 3.05) is 0 Å². The Morgan fingerprint density at radius 3 is 0.964 bits per heavy atom. The molecule has 0 amide bonds. The average molecular weight is 387 g/mol. The number of phenolic OH excluding ortho intramolecular Hbond substituents is 3. The Balaban J connectivity index is 2.11. The van der Waals surface area contributed by atoms with Crippen LogP contribution in [0.15, 0.2) is 103 Å². The van der Waals surface area contributed by atoms with Crippen molar-refractivity contribution in [1.82, 2.24) is 0 Å². The van der Waals surface area contributed by atoms with Gasteiger partial charge in [-0.25, -0.2) is 0 Å². The molecule has 0 atom stereocenters. The maximum absolute atomic E-state index is 9.85. The van der Waals surface area contributed by atoms with E-state index in [0.717, 1.165) is 21.2 Å². The predicted molar refractivity (Wildman–Crippen MR) is 116 cm³/mol. The molecule has 0 spiro atoms. The van der Waals surface area contributed by atoms with Gasteiger partial charge in [0.1, 0.15) is 45.7 Å². The van der Waals surface area contributed by atoms with Crippen molar-refractivity contribution in [2.45, 2.75) is 0 Å². The Hall–Kier alpha value is -3.29. The van der Waals surface area contributed by atoms with E-state index in [-0.39, 0.29) is 17.2 Å². The zero-order valence-corrected chi connectivity index (χ0v) is 16.0. The molecule has 4 rings (SSSR count). The highest BCUT2D eigenvalue weighted by Gasteiger charge is 2.47. The molecule has 3 nitrogen and oxygen atoms in total. The Kier molecular flexibility index (Phi) is 4.77. The second-order valence-corrected chi connectivity index (χ2v) is 9.96. The quantitative estimate of drug-likeness (QED) is 0.470. The van der Waals surface area contributed by atoms with Crippen LogP contribution in [-0.4, -0.2) is 15.3 Å². The summed E-state index contributed by atoms with van der Waals surface area (Å²) in [6.07, 6.45) is 0. The molecule has 4 aromatic carbocycles. The molecule has 28 heavy (non-hydrogen) atoms. The fourth-order valence-corrected chi connectivity index (χ4v) is 7.77. The number of rotatable bonds is 4. The zero-order chi connectivity index (χ0) is 19.6. The third-order valence-corrected chi connectivity index (χ3v) is 9.15. The molecule has 0 aromatic heterocycles. The van der Waals surface area contributed by atoms with E-state index in [4.69, 9.17) is 0 Å². The topological polar surface area (TPSA) is 60.7 Å². The van der Waals surface area contributed by atoms with Crippen molar-refractivity contribution >= 4 is 28.5 Å². The summed E-state index contributed by atoms with van der Waals surface area (Å²) in [6, 6.07) is 32.2. The van der Waals surface area contributed by atoms with Gasteiger partial charge < -0.3 is 15.3 Å². The van der Waals surface area contributed by atoms with Crippen LogP contribution in [-0.2, 0) is 0 Å². The Morgan fingerprint density at radius 1 is 0.357 bits per heavy atom. The first-order valence-electron chi connectivity index (χ1n) is 8.94. The summed E-state index contributed by atoms with van der Waals surface area (Å²) in [4.78, 5) is 0. The fourth-order valence-electron chi connectivity index (χ4n) is 3.57. The van der Waals surface area contributed by atoms with Crippen LogP contribution in [0.1, 0.15) is 0 Å². The van der Waals surface area contributed by atoms with Gasteiger partial charge in [0.05, 0.1) is 0 Å². The predicted octanol–water partition coefficient (Wildman–Crippen LogP) is 3.42. The van der Waals surface area contributed by atoms with E-state index in [1.807, 2.05) is 54.6 Å². The molecule has 0 saturated carbocycles. The first kappa shape index (κ1) is 18.1. The van der Waals surface area contributed by atoms with E-state index in [1.54, 1.807) is 36.4 Å². The molecule has 0 radical (unpaired) electrons. The zero-order valence-electron chi connectivity index (χ0n) is 15.1. The molecule has 0 unspecified atom stereocenters. The second-order valence-electron chi connectivity index (χ2n) is 6.56. The van der Waals surface area contributed by atoms with Gasteiger partial charge in [0.2, 0.25) is 0 Å². The molecule has 0 aliphatic rings.